The molecule has 0 aromatic rings. The molecular weight excluding hydrogens is 188 g/mol. The summed E-state index contributed by atoms with van der Waals surface area (Å²) in [4.78, 5) is 0. The van der Waals surface area contributed by atoms with Gasteiger partial charge in [-0.25, -0.2) is 0 Å². The zero-order chi connectivity index (χ0) is 11.5. The fourth-order valence-electron chi connectivity index (χ4n) is 2.34. The van der Waals surface area contributed by atoms with Crippen molar-refractivity contribution in [2.75, 3.05) is 6.61 Å². The Labute approximate surface area is 94.0 Å². The van der Waals surface area contributed by atoms with E-state index in [-0.39, 0.29) is 0 Å². The van der Waals surface area contributed by atoms with Gasteiger partial charge in [-0.3, -0.25) is 0 Å². The van der Waals surface area contributed by atoms with Crippen LogP contribution in [-0.4, -0.2) is 17.5 Å². The molecule has 2 nitrogen and oxygen atoms in total. The molecule has 0 bridgehead atoms. The van der Waals surface area contributed by atoms with Crippen molar-refractivity contribution in [1.82, 2.24) is 0 Å². The third-order valence-corrected chi connectivity index (χ3v) is 3.51. The van der Waals surface area contributed by atoms with Gasteiger partial charge in [-0.15, -0.1) is 0 Å². The first-order valence-electron chi connectivity index (χ1n) is 6.25. The maximum absolute atomic E-state index is 9.47. The molecule has 0 aromatic heterocycles. The summed E-state index contributed by atoms with van der Waals surface area (Å²) in [6, 6.07) is 0. The Morgan fingerprint density at radius 2 is 1.73 bits per heavy atom. The molecule has 2 heteroatoms. The first kappa shape index (κ1) is 13.0. The number of hydrogen-bond acceptors (Lipinski definition) is 2. The molecular formula is C13H26O2. The fraction of sp³-hybridized carbons (Fsp3) is 1.00. The third kappa shape index (κ3) is 4.98. The molecule has 1 aliphatic carbocycles. The van der Waals surface area contributed by atoms with Crippen molar-refractivity contribution >= 4 is 0 Å². The van der Waals surface area contributed by atoms with Crippen molar-refractivity contribution in [3.8, 4) is 0 Å². The number of ether oxygens (including phenoxy) is 1. The first-order chi connectivity index (χ1) is 6.88. The Balaban J connectivity index is 2.20. The average Bonchev–Trinajstić information content (AvgIpc) is 2.14. The zero-order valence-electron chi connectivity index (χ0n) is 10.6. The molecule has 0 saturated heterocycles. The lowest BCUT2D eigenvalue weighted by atomic mass is 9.77. The van der Waals surface area contributed by atoms with Gasteiger partial charge in [-0.05, 0) is 57.3 Å². The van der Waals surface area contributed by atoms with Crippen molar-refractivity contribution in [3.05, 3.63) is 0 Å². The average molecular weight is 214 g/mol. The van der Waals surface area contributed by atoms with Crippen molar-refractivity contribution in [3.63, 3.8) is 0 Å². The van der Waals surface area contributed by atoms with Crippen LogP contribution in [0.3, 0.4) is 0 Å². The van der Waals surface area contributed by atoms with Crippen LogP contribution in [0.25, 0.3) is 0 Å². The molecule has 1 rings (SSSR count). The Morgan fingerprint density at radius 3 is 2.13 bits per heavy atom. The smallest absolute Gasteiger partial charge is 0.159 e. The van der Waals surface area contributed by atoms with Gasteiger partial charge in [0.25, 0.3) is 0 Å². The SMILES string of the molecule is CC(C)C1CCC(COC(C)(C)O)CC1. The van der Waals surface area contributed by atoms with Crippen molar-refractivity contribution < 1.29 is 9.84 Å². The van der Waals surface area contributed by atoms with Crippen LogP contribution >= 0.6 is 0 Å². The van der Waals surface area contributed by atoms with E-state index in [4.69, 9.17) is 4.74 Å². The molecule has 1 saturated carbocycles. The van der Waals surface area contributed by atoms with E-state index in [0.717, 1.165) is 11.8 Å². The van der Waals surface area contributed by atoms with Gasteiger partial charge in [-0.1, -0.05) is 13.8 Å². The standard InChI is InChI=1S/C13H26O2/c1-10(2)12-7-5-11(6-8-12)9-15-13(3,4)14/h10-12,14H,5-9H2,1-4H3. The number of aliphatic hydroxyl groups is 1. The normalized spacial score (nSPS) is 28.4. The minimum absolute atomic E-state index is 0.659. The van der Waals surface area contributed by atoms with Crippen LogP contribution in [0, 0.1) is 17.8 Å². The molecule has 0 aromatic carbocycles. The van der Waals surface area contributed by atoms with Crippen LogP contribution in [0.2, 0.25) is 0 Å². The van der Waals surface area contributed by atoms with E-state index in [2.05, 4.69) is 13.8 Å². The van der Waals surface area contributed by atoms with Crippen LogP contribution in [0.1, 0.15) is 53.4 Å². The highest BCUT2D eigenvalue weighted by molar-refractivity contribution is 4.74. The summed E-state index contributed by atoms with van der Waals surface area (Å²) in [6.45, 7) is 8.75. The predicted octanol–water partition coefficient (Wildman–Crippen LogP) is 3.19. The van der Waals surface area contributed by atoms with Crippen LogP contribution in [0.5, 0.6) is 0 Å². The van der Waals surface area contributed by atoms with Gasteiger partial charge in [0.1, 0.15) is 0 Å². The first-order valence-corrected chi connectivity index (χ1v) is 6.25. The fourth-order valence-corrected chi connectivity index (χ4v) is 2.34. The second kappa shape index (κ2) is 5.31. The highest BCUT2D eigenvalue weighted by atomic mass is 16.6. The topological polar surface area (TPSA) is 29.5 Å². The molecule has 0 unspecified atom stereocenters. The quantitative estimate of drug-likeness (QED) is 0.728. The molecule has 0 radical (unpaired) electrons. The Bertz CT molecular complexity index is 173. The van der Waals surface area contributed by atoms with Gasteiger partial charge >= 0.3 is 0 Å². The monoisotopic (exact) mass is 214 g/mol. The van der Waals surface area contributed by atoms with Gasteiger partial charge in [0.15, 0.2) is 5.79 Å². The van der Waals surface area contributed by atoms with E-state index in [1.807, 2.05) is 0 Å². The van der Waals surface area contributed by atoms with Gasteiger partial charge in [-0.2, -0.15) is 0 Å². The van der Waals surface area contributed by atoms with Crippen molar-refractivity contribution in [2.24, 2.45) is 17.8 Å². The van der Waals surface area contributed by atoms with E-state index in [0.29, 0.717) is 12.5 Å². The van der Waals surface area contributed by atoms with E-state index < -0.39 is 5.79 Å². The Kier molecular flexibility index (Phi) is 4.60. The Hall–Kier alpha value is -0.0800. The third-order valence-electron chi connectivity index (χ3n) is 3.51. The summed E-state index contributed by atoms with van der Waals surface area (Å²) >= 11 is 0. The minimum atomic E-state index is -0.963. The highest BCUT2D eigenvalue weighted by Gasteiger charge is 2.24. The molecule has 1 N–H and O–H groups in total. The van der Waals surface area contributed by atoms with E-state index in [1.54, 1.807) is 13.8 Å². The van der Waals surface area contributed by atoms with Crippen molar-refractivity contribution in [2.45, 2.75) is 59.2 Å². The molecule has 1 aliphatic rings. The van der Waals surface area contributed by atoms with Gasteiger partial charge < -0.3 is 9.84 Å². The maximum Gasteiger partial charge on any atom is 0.159 e. The molecule has 1 fully saturated rings. The molecule has 0 amide bonds. The van der Waals surface area contributed by atoms with Crippen molar-refractivity contribution in [1.29, 1.82) is 0 Å². The maximum atomic E-state index is 9.47. The van der Waals surface area contributed by atoms with Crippen LogP contribution in [0.4, 0.5) is 0 Å². The summed E-state index contributed by atoms with van der Waals surface area (Å²) in [5.41, 5.74) is 0. The highest BCUT2D eigenvalue weighted by Crippen LogP contribution is 2.33. The molecule has 90 valence electrons. The van der Waals surface area contributed by atoms with E-state index >= 15 is 0 Å². The molecule has 15 heavy (non-hydrogen) atoms. The summed E-state index contributed by atoms with van der Waals surface area (Å²) < 4.78 is 5.42. The van der Waals surface area contributed by atoms with Gasteiger partial charge in [0, 0.05) is 0 Å². The van der Waals surface area contributed by atoms with E-state index in [1.165, 1.54) is 25.7 Å². The second-order valence-corrected chi connectivity index (χ2v) is 5.78. The summed E-state index contributed by atoms with van der Waals surface area (Å²) in [6.07, 6.45) is 5.19. The molecule has 0 aliphatic heterocycles. The molecule has 0 heterocycles. The Morgan fingerprint density at radius 1 is 1.20 bits per heavy atom. The largest absolute Gasteiger partial charge is 0.366 e. The lowest BCUT2D eigenvalue weighted by Gasteiger charge is -2.32. The lowest BCUT2D eigenvalue weighted by Crippen LogP contribution is -2.29. The number of hydrogen-bond donors (Lipinski definition) is 1. The number of rotatable bonds is 4. The van der Waals surface area contributed by atoms with Crippen LogP contribution < -0.4 is 0 Å². The summed E-state index contributed by atoms with van der Waals surface area (Å²) in [5, 5.41) is 9.47. The van der Waals surface area contributed by atoms with E-state index in [9.17, 15) is 5.11 Å². The zero-order valence-corrected chi connectivity index (χ0v) is 10.6. The minimum Gasteiger partial charge on any atom is -0.366 e. The van der Waals surface area contributed by atoms with Gasteiger partial charge in [0.2, 0.25) is 0 Å². The second-order valence-electron chi connectivity index (χ2n) is 5.78. The lowest BCUT2D eigenvalue weighted by molar-refractivity contribution is -0.185. The summed E-state index contributed by atoms with van der Waals surface area (Å²) in [7, 11) is 0. The van der Waals surface area contributed by atoms with Crippen LogP contribution in [0.15, 0.2) is 0 Å². The van der Waals surface area contributed by atoms with Crippen LogP contribution in [-0.2, 0) is 4.74 Å². The molecule has 0 atom stereocenters. The summed E-state index contributed by atoms with van der Waals surface area (Å²) in [5.74, 6) is 1.42. The predicted molar refractivity (Wildman–Crippen MR) is 62.5 cm³/mol. The van der Waals surface area contributed by atoms with Gasteiger partial charge in [0.05, 0.1) is 6.61 Å². The molecule has 0 spiro atoms.